The van der Waals surface area contributed by atoms with Gasteiger partial charge in [-0.25, -0.2) is 4.98 Å². The molecule has 0 unspecified atom stereocenters. The van der Waals surface area contributed by atoms with E-state index in [2.05, 4.69) is 11.1 Å². The molecule has 0 aliphatic carbocycles. The van der Waals surface area contributed by atoms with Crippen molar-refractivity contribution in [1.82, 2.24) is 9.88 Å². The molecule has 0 saturated heterocycles. The fourth-order valence-electron chi connectivity index (χ4n) is 2.47. The maximum Gasteiger partial charge on any atom is 0.236 e. The molecule has 3 nitrogen and oxygen atoms in total. The lowest BCUT2D eigenvalue weighted by Gasteiger charge is -2.26. The molecule has 3 aromatic rings. The molecule has 3 rings (SSSR count). The van der Waals surface area contributed by atoms with Crippen LogP contribution in [0.15, 0.2) is 59.5 Å². The number of aromatic nitrogens is 1. The van der Waals surface area contributed by atoms with Gasteiger partial charge in [-0.3, -0.25) is 4.79 Å². The van der Waals surface area contributed by atoms with E-state index >= 15 is 0 Å². The first kappa shape index (κ1) is 17.0. The molecule has 0 aliphatic heterocycles. The van der Waals surface area contributed by atoms with Gasteiger partial charge in [-0.15, -0.1) is 23.1 Å². The van der Waals surface area contributed by atoms with Crippen molar-refractivity contribution in [1.29, 1.82) is 0 Å². The summed E-state index contributed by atoms with van der Waals surface area (Å²) >= 11 is 3.24. The number of hydrogen-bond donors (Lipinski definition) is 0. The molecule has 0 aliphatic rings. The van der Waals surface area contributed by atoms with Gasteiger partial charge in [-0.2, -0.15) is 0 Å². The highest BCUT2D eigenvalue weighted by Gasteiger charge is 2.25. The van der Waals surface area contributed by atoms with Crippen LogP contribution in [0.4, 0.5) is 0 Å². The Morgan fingerprint density at radius 3 is 2.46 bits per heavy atom. The molecule has 0 saturated carbocycles. The van der Waals surface area contributed by atoms with Crippen LogP contribution < -0.4 is 0 Å². The van der Waals surface area contributed by atoms with Crippen LogP contribution in [-0.4, -0.2) is 28.1 Å². The van der Waals surface area contributed by atoms with Crippen molar-refractivity contribution in [3.63, 3.8) is 0 Å². The number of amides is 1. The van der Waals surface area contributed by atoms with Crippen molar-refractivity contribution in [2.24, 2.45) is 0 Å². The van der Waals surface area contributed by atoms with Gasteiger partial charge >= 0.3 is 0 Å². The summed E-state index contributed by atoms with van der Waals surface area (Å²) in [5.41, 5.74) is 0.997. The van der Waals surface area contributed by atoms with E-state index in [0.717, 1.165) is 20.1 Å². The first-order valence-electron chi connectivity index (χ1n) is 7.90. The zero-order valence-corrected chi connectivity index (χ0v) is 15.6. The number of carbonyl (C=O) groups excluding carboxylic acids is 1. The van der Waals surface area contributed by atoms with E-state index in [1.54, 1.807) is 28.0 Å². The number of carbonyl (C=O) groups is 1. The van der Waals surface area contributed by atoms with Crippen LogP contribution in [-0.2, 0) is 4.79 Å². The van der Waals surface area contributed by atoms with E-state index in [0.29, 0.717) is 0 Å². The molecule has 2 atom stereocenters. The summed E-state index contributed by atoms with van der Waals surface area (Å²) in [4.78, 5) is 20.4. The Labute approximate surface area is 150 Å². The smallest absolute Gasteiger partial charge is 0.236 e. The fourth-order valence-corrected chi connectivity index (χ4v) is 4.52. The van der Waals surface area contributed by atoms with Crippen LogP contribution in [0, 0.1) is 0 Å². The van der Waals surface area contributed by atoms with Crippen molar-refractivity contribution in [2.45, 2.75) is 30.0 Å². The number of thioether (sulfide) groups is 1. The van der Waals surface area contributed by atoms with Crippen molar-refractivity contribution in [3.05, 3.63) is 59.6 Å². The third kappa shape index (κ3) is 3.62. The highest BCUT2D eigenvalue weighted by atomic mass is 32.2. The van der Waals surface area contributed by atoms with Gasteiger partial charge in [0.15, 0.2) is 0 Å². The Bertz CT molecular complexity index is 799. The molecule has 0 N–H and O–H groups in total. The van der Waals surface area contributed by atoms with Gasteiger partial charge in [0.1, 0.15) is 5.01 Å². The van der Waals surface area contributed by atoms with Gasteiger partial charge in [-0.1, -0.05) is 30.3 Å². The predicted octanol–water partition coefficient (Wildman–Crippen LogP) is 5.00. The van der Waals surface area contributed by atoms with Crippen molar-refractivity contribution >= 4 is 39.2 Å². The zero-order valence-electron chi connectivity index (χ0n) is 14.0. The monoisotopic (exact) mass is 356 g/mol. The molecule has 0 radical (unpaired) electrons. The molecule has 1 amide bonds. The molecule has 2 aromatic carbocycles. The van der Waals surface area contributed by atoms with Crippen LogP contribution >= 0.6 is 23.1 Å². The summed E-state index contributed by atoms with van der Waals surface area (Å²) in [7, 11) is 1.86. The zero-order chi connectivity index (χ0) is 17.1. The van der Waals surface area contributed by atoms with Crippen LogP contribution in [0.1, 0.15) is 24.9 Å². The third-order valence-electron chi connectivity index (χ3n) is 4.00. The molecule has 1 aromatic heterocycles. The average Bonchev–Trinajstić information content (AvgIpc) is 3.04. The topological polar surface area (TPSA) is 33.2 Å². The lowest BCUT2D eigenvalue weighted by molar-refractivity contribution is -0.130. The summed E-state index contributed by atoms with van der Waals surface area (Å²) in [5.74, 6) is 0.121. The summed E-state index contributed by atoms with van der Waals surface area (Å²) < 4.78 is 1.16. The van der Waals surface area contributed by atoms with Gasteiger partial charge in [0.05, 0.1) is 21.5 Å². The fraction of sp³-hybridized carbons (Fsp3) is 0.263. The van der Waals surface area contributed by atoms with Crippen LogP contribution in [0.2, 0.25) is 0 Å². The second-order valence-corrected chi connectivity index (χ2v) is 8.19. The summed E-state index contributed by atoms with van der Waals surface area (Å²) in [5, 5.41) is 0.846. The normalized spacial score (nSPS) is 13.6. The van der Waals surface area contributed by atoms with Gasteiger partial charge in [0, 0.05) is 11.9 Å². The van der Waals surface area contributed by atoms with E-state index in [1.807, 2.05) is 69.4 Å². The maximum atomic E-state index is 12.8. The SMILES string of the molecule is C[C@H](Sc1ccccc1)C(=O)N(C)[C@@H](C)c1nc2ccccc2s1. The molecular weight excluding hydrogens is 336 g/mol. The van der Waals surface area contributed by atoms with E-state index < -0.39 is 0 Å². The van der Waals surface area contributed by atoms with Crippen molar-refractivity contribution in [2.75, 3.05) is 7.05 Å². The van der Waals surface area contributed by atoms with Crippen molar-refractivity contribution < 1.29 is 4.79 Å². The Morgan fingerprint density at radius 1 is 1.08 bits per heavy atom. The lowest BCUT2D eigenvalue weighted by Crippen LogP contribution is -2.35. The first-order valence-corrected chi connectivity index (χ1v) is 9.59. The number of rotatable bonds is 5. The average molecular weight is 357 g/mol. The quantitative estimate of drug-likeness (QED) is 0.603. The molecular formula is C19H20N2OS2. The Hall–Kier alpha value is -1.85. The molecule has 5 heteroatoms. The number of benzene rings is 2. The van der Waals surface area contributed by atoms with E-state index in [9.17, 15) is 4.79 Å². The summed E-state index contributed by atoms with van der Waals surface area (Å²) in [6, 6.07) is 18.1. The molecule has 0 spiro atoms. The summed E-state index contributed by atoms with van der Waals surface area (Å²) in [6.07, 6.45) is 0. The van der Waals surface area contributed by atoms with E-state index in [1.165, 1.54) is 0 Å². The molecule has 0 bridgehead atoms. The van der Waals surface area contributed by atoms with Gasteiger partial charge in [-0.05, 0) is 38.1 Å². The van der Waals surface area contributed by atoms with Gasteiger partial charge in [0.25, 0.3) is 0 Å². The Kier molecular flexibility index (Phi) is 5.21. The van der Waals surface area contributed by atoms with Crippen LogP contribution in [0.25, 0.3) is 10.2 Å². The maximum absolute atomic E-state index is 12.8. The molecule has 24 heavy (non-hydrogen) atoms. The van der Waals surface area contributed by atoms with Crippen LogP contribution in [0.3, 0.4) is 0 Å². The predicted molar refractivity (Wildman–Crippen MR) is 103 cm³/mol. The Morgan fingerprint density at radius 2 is 1.75 bits per heavy atom. The second-order valence-electron chi connectivity index (χ2n) is 5.72. The lowest BCUT2D eigenvalue weighted by atomic mass is 10.3. The van der Waals surface area contributed by atoms with Crippen LogP contribution in [0.5, 0.6) is 0 Å². The Balaban J connectivity index is 1.72. The first-order chi connectivity index (χ1) is 11.6. The standard InChI is InChI=1S/C19H20N2OS2/c1-13(18-20-16-11-7-8-12-17(16)24-18)21(3)19(22)14(2)23-15-9-5-4-6-10-15/h4-14H,1-3H3/t13-,14-/m0/s1. The minimum Gasteiger partial charge on any atom is -0.336 e. The van der Waals surface area contributed by atoms with Crippen molar-refractivity contribution in [3.8, 4) is 0 Å². The molecule has 124 valence electrons. The summed E-state index contributed by atoms with van der Waals surface area (Å²) in [6.45, 7) is 4.00. The van der Waals surface area contributed by atoms with Gasteiger partial charge < -0.3 is 4.90 Å². The minimum atomic E-state index is -0.130. The van der Waals surface area contributed by atoms with E-state index in [-0.39, 0.29) is 17.2 Å². The molecule has 0 fully saturated rings. The number of fused-ring (bicyclic) bond motifs is 1. The molecule has 1 heterocycles. The largest absolute Gasteiger partial charge is 0.336 e. The highest BCUT2D eigenvalue weighted by molar-refractivity contribution is 8.00. The van der Waals surface area contributed by atoms with Gasteiger partial charge in [0.2, 0.25) is 5.91 Å². The van der Waals surface area contributed by atoms with E-state index in [4.69, 9.17) is 0 Å². The number of thiazole rings is 1. The minimum absolute atomic E-state index is 0.0336. The number of para-hydroxylation sites is 1. The number of hydrogen-bond acceptors (Lipinski definition) is 4. The second kappa shape index (κ2) is 7.36. The third-order valence-corrected chi connectivity index (χ3v) is 6.31. The number of nitrogens with zero attached hydrogens (tertiary/aromatic N) is 2. The highest BCUT2D eigenvalue weighted by Crippen LogP contribution is 2.31.